The molecule has 2 fully saturated rings. The molecule has 1 aliphatic carbocycles. The summed E-state index contributed by atoms with van der Waals surface area (Å²) in [4.78, 5) is 25.2. The lowest BCUT2D eigenvalue weighted by molar-refractivity contribution is -0.129. The van der Waals surface area contributed by atoms with Crippen LogP contribution in [-0.2, 0) is 9.59 Å². The minimum absolute atomic E-state index is 0.0684. The number of nitrogens with two attached hydrogens (primary N) is 1. The fourth-order valence-electron chi connectivity index (χ4n) is 3.51. The van der Waals surface area contributed by atoms with Gasteiger partial charge in [-0.3, -0.25) is 14.5 Å². The lowest BCUT2D eigenvalue weighted by Crippen LogP contribution is -2.60. The van der Waals surface area contributed by atoms with Crippen molar-refractivity contribution in [3.8, 4) is 0 Å². The van der Waals surface area contributed by atoms with Crippen molar-refractivity contribution in [2.24, 2.45) is 17.1 Å². The summed E-state index contributed by atoms with van der Waals surface area (Å²) in [5.41, 5.74) is 5.54. The van der Waals surface area contributed by atoms with Gasteiger partial charge in [0, 0.05) is 24.5 Å². The van der Waals surface area contributed by atoms with Gasteiger partial charge in [-0.25, -0.2) is 0 Å². The third-order valence-electron chi connectivity index (χ3n) is 4.45. The van der Waals surface area contributed by atoms with Gasteiger partial charge in [0.1, 0.15) is 0 Å². The second kappa shape index (κ2) is 5.35. The molecule has 0 aromatic carbocycles. The van der Waals surface area contributed by atoms with Crippen molar-refractivity contribution >= 4 is 11.8 Å². The van der Waals surface area contributed by atoms with E-state index in [1.807, 2.05) is 20.8 Å². The highest BCUT2D eigenvalue weighted by molar-refractivity contribution is 5.79. The fraction of sp³-hybridized carbons (Fsp3) is 0.867. The predicted octanol–water partition coefficient (Wildman–Crippen LogP) is 0.879. The Hall–Kier alpha value is -1.10. The third kappa shape index (κ3) is 3.72. The Kier molecular flexibility index (Phi) is 4.09. The van der Waals surface area contributed by atoms with Gasteiger partial charge in [-0.15, -0.1) is 0 Å². The molecule has 0 aromatic rings. The van der Waals surface area contributed by atoms with E-state index in [0.29, 0.717) is 12.0 Å². The maximum Gasteiger partial charge on any atom is 0.234 e. The Morgan fingerprint density at radius 1 is 1.25 bits per heavy atom. The number of hydrogen-bond acceptors (Lipinski definition) is 3. The van der Waals surface area contributed by atoms with Crippen LogP contribution in [-0.4, -0.2) is 41.9 Å². The predicted molar refractivity (Wildman–Crippen MR) is 77.9 cm³/mol. The molecule has 1 saturated heterocycles. The molecule has 1 spiro atoms. The molecule has 5 heteroatoms. The number of carbonyl (C=O) groups is 2. The summed E-state index contributed by atoms with van der Waals surface area (Å²) in [6, 6.07) is 0. The second-order valence-electron chi connectivity index (χ2n) is 7.62. The summed E-state index contributed by atoms with van der Waals surface area (Å²) in [6.45, 7) is 8.43. The van der Waals surface area contributed by atoms with E-state index in [1.54, 1.807) is 0 Å². The highest BCUT2D eigenvalue weighted by Crippen LogP contribution is 2.45. The summed E-state index contributed by atoms with van der Waals surface area (Å²) in [6.07, 6.45) is 3.96. The SMILES string of the molecule is CC(C)(C)NC(=O)CN1CC2(CCC(C(N)=O)CC2)C1. The summed E-state index contributed by atoms with van der Waals surface area (Å²) in [5, 5.41) is 2.99. The average Bonchev–Trinajstić information content (AvgIpc) is 2.24. The van der Waals surface area contributed by atoms with Crippen molar-refractivity contribution in [3.63, 3.8) is 0 Å². The van der Waals surface area contributed by atoms with Crippen LogP contribution in [0.1, 0.15) is 46.5 Å². The van der Waals surface area contributed by atoms with Crippen LogP contribution < -0.4 is 11.1 Å². The number of rotatable bonds is 3. The van der Waals surface area contributed by atoms with Gasteiger partial charge < -0.3 is 11.1 Å². The molecule has 2 amide bonds. The van der Waals surface area contributed by atoms with Crippen molar-refractivity contribution in [3.05, 3.63) is 0 Å². The largest absolute Gasteiger partial charge is 0.369 e. The van der Waals surface area contributed by atoms with E-state index in [4.69, 9.17) is 5.73 Å². The van der Waals surface area contributed by atoms with Crippen molar-refractivity contribution in [2.45, 2.75) is 52.0 Å². The quantitative estimate of drug-likeness (QED) is 0.806. The highest BCUT2D eigenvalue weighted by Gasteiger charge is 2.46. The van der Waals surface area contributed by atoms with Crippen LogP contribution in [0, 0.1) is 11.3 Å². The molecular formula is C15H27N3O2. The molecule has 1 saturated carbocycles. The number of nitrogens with zero attached hydrogens (tertiary/aromatic N) is 1. The van der Waals surface area contributed by atoms with Crippen LogP contribution in [0.25, 0.3) is 0 Å². The van der Waals surface area contributed by atoms with Crippen LogP contribution in [0.3, 0.4) is 0 Å². The average molecular weight is 281 g/mol. The first-order valence-corrected chi connectivity index (χ1v) is 7.52. The second-order valence-corrected chi connectivity index (χ2v) is 7.62. The Morgan fingerprint density at radius 2 is 1.80 bits per heavy atom. The summed E-state index contributed by atoms with van der Waals surface area (Å²) in [7, 11) is 0. The van der Waals surface area contributed by atoms with E-state index in [0.717, 1.165) is 38.8 Å². The zero-order valence-corrected chi connectivity index (χ0v) is 12.9. The van der Waals surface area contributed by atoms with E-state index >= 15 is 0 Å². The minimum Gasteiger partial charge on any atom is -0.369 e. The van der Waals surface area contributed by atoms with E-state index < -0.39 is 0 Å². The summed E-state index contributed by atoms with van der Waals surface area (Å²) in [5.74, 6) is 0.0117. The van der Waals surface area contributed by atoms with Crippen LogP contribution in [0.2, 0.25) is 0 Å². The normalized spacial score (nSPS) is 23.4. The molecule has 0 bridgehead atoms. The standard InChI is InChI=1S/C15H27N3O2/c1-14(2,3)17-12(19)8-18-9-15(10-18)6-4-11(5-7-15)13(16)20/h11H,4-10H2,1-3H3,(H2,16,20)(H,17,19). The molecule has 5 nitrogen and oxygen atoms in total. The zero-order valence-electron chi connectivity index (χ0n) is 12.9. The van der Waals surface area contributed by atoms with Crippen molar-refractivity contribution in [1.29, 1.82) is 0 Å². The van der Waals surface area contributed by atoms with Crippen LogP contribution in [0.4, 0.5) is 0 Å². The van der Waals surface area contributed by atoms with Crippen LogP contribution in [0.15, 0.2) is 0 Å². The molecule has 0 radical (unpaired) electrons. The summed E-state index contributed by atoms with van der Waals surface area (Å²) < 4.78 is 0. The molecule has 3 N–H and O–H groups in total. The number of amides is 2. The van der Waals surface area contributed by atoms with Gasteiger partial charge in [0.05, 0.1) is 6.54 Å². The van der Waals surface area contributed by atoms with Gasteiger partial charge in [-0.1, -0.05) is 0 Å². The van der Waals surface area contributed by atoms with Crippen molar-refractivity contribution < 1.29 is 9.59 Å². The first kappa shape index (κ1) is 15.3. The van der Waals surface area contributed by atoms with Crippen molar-refractivity contribution in [1.82, 2.24) is 10.2 Å². The Labute approximate surface area is 121 Å². The number of carbonyl (C=O) groups excluding carboxylic acids is 2. The fourth-order valence-corrected chi connectivity index (χ4v) is 3.51. The molecule has 0 unspecified atom stereocenters. The van der Waals surface area contributed by atoms with Gasteiger partial charge in [0.25, 0.3) is 0 Å². The van der Waals surface area contributed by atoms with Crippen molar-refractivity contribution in [2.75, 3.05) is 19.6 Å². The summed E-state index contributed by atoms with van der Waals surface area (Å²) >= 11 is 0. The molecule has 114 valence electrons. The maximum absolute atomic E-state index is 11.9. The Bertz CT molecular complexity index is 384. The first-order valence-electron chi connectivity index (χ1n) is 7.52. The Morgan fingerprint density at radius 3 is 2.25 bits per heavy atom. The first-order chi connectivity index (χ1) is 9.19. The smallest absolute Gasteiger partial charge is 0.234 e. The number of likely N-dealkylation sites (tertiary alicyclic amines) is 1. The molecule has 2 rings (SSSR count). The highest BCUT2D eigenvalue weighted by atomic mass is 16.2. The van der Waals surface area contributed by atoms with E-state index in [2.05, 4.69) is 10.2 Å². The monoisotopic (exact) mass is 281 g/mol. The van der Waals surface area contributed by atoms with Gasteiger partial charge >= 0.3 is 0 Å². The van der Waals surface area contributed by atoms with Gasteiger partial charge in [-0.2, -0.15) is 0 Å². The molecule has 0 aromatic heterocycles. The van der Waals surface area contributed by atoms with Crippen LogP contribution >= 0.6 is 0 Å². The number of hydrogen-bond donors (Lipinski definition) is 2. The molecule has 1 aliphatic heterocycles. The van der Waals surface area contributed by atoms with E-state index in [9.17, 15) is 9.59 Å². The minimum atomic E-state index is -0.167. The topological polar surface area (TPSA) is 75.4 Å². The molecular weight excluding hydrogens is 254 g/mol. The van der Waals surface area contributed by atoms with Gasteiger partial charge in [-0.05, 0) is 51.9 Å². The molecule has 1 heterocycles. The third-order valence-corrected chi connectivity index (χ3v) is 4.45. The number of nitrogens with one attached hydrogen (secondary N) is 1. The van der Waals surface area contributed by atoms with Gasteiger partial charge in [0.15, 0.2) is 0 Å². The lowest BCUT2D eigenvalue weighted by atomic mass is 9.66. The van der Waals surface area contributed by atoms with E-state index in [1.165, 1.54) is 0 Å². The Balaban J connectivity index is 1.72. The number of primary amides is 1. The maximum atomic E-state index is 11.9. The zero-order chi connectivity index (χ0) is 15.0. The molecule has 2 aliphatic rings. The van der Waals surface area contributed by atoms with Crippen LogP contribution in [0.5, 0.6) is 0 Å². The molecule has 20 heavy (non-hydrogen) atoms. The molecule has 0 atom stereocenters. The van der Waals surface area contributed by atoms with Gasteiger partial charge in [0.2, 0.25) is 11.8 Å². The lowest BCUT2D eigenvalue weighted by Gasteiger charge is -2.53. The van der Waals surface area contributed by atoms with E-state index in [-0.39, 0.29) is 23.3 Å².